The zero-order chi connectivity index (χ0) is 25.3. The molecule has 0 saturated heterocycles. The Balaban J connectivity index is 0.000000222. The smallest absolute Gasteiger partial charge is 0.123 e. The summed E-state index contributed by atoms with van der Waals surface area (Å²) >= 11 is 0. The average Bonchev–Trinajstić information content (AvgIpc) is 3.44. The van der Waals surface area contributed by atoms with Gasteiger partial charge in [0.15, 0.2) is 0 Å². The fraction of sp³-hybridized carbons (Fsp3) is 0.250. The maximum atomic E-state index is 13.8. The van der Waals surface area contributed by atoms with Gasteiger partial charge in [0.25, 0.3) is 0 Å². The molecule has 1 aliphatic carbocycles. The number of para-hydroxylation sites is 2. The van der Waals surface area contributed by atoms with Gasteiger partial charge in [-0.1, -0.05) is 54.6 Å². The van der Waals surface area contributed by atoms with Crippen LogP contribution in [0.2, 0.25) is 0 Å². The van der Waals surface area contributed by atoms with E-state index < -0.39 is 0 Å². The van der Waals surface area contributed by atoms with E-state index in [2.05, 4.69) is 97.4 Å². The van der Waals surface area contributed by atoms with Gasteiger partial charge in [0.2, 0.25) is 0 Å². The van der Waals surface area contributed by atoms with Crippen LogP contribution in [0, 0.1) is 19.7 Å². The number of H-pyrrole nitrogens is 2. The first-order chi connectivity index (χ1) is 17.4. The van der Waals surface area contributed by atoms with Crippen molar-refractivity contribution in [1.29, 1.82) is 0 Å². The van der Waals surface area contributed by atoms with E-state index in [1.807, 2.05) is 18.3 Å². The van der Waals surface area contributed by atoms with Crippen molar-refractivity contribution < 1.29 is 4.39 Å². The Labute approximate surface area is 212 Å². The van der Waals surface area contributed by atoms with Crippen LogP contribution in [0.4, 0.5) is 4.39 Å². The summed E-state index contributed by atoms with van der Waals surface area (Å²) in [4.78, 5) is 9.03. The largest absolute Gasteiger partial charge is 0.361 e. The lowest BCUT2D eigenvalue weighted by atomic mass is 9.75. The summed E-state index contributed by atoms with van der Waals surface area (Å²) in [5.74, 6) is -0.162. The van der Waals surface area contributed by atoms with E-state index in [-0.39, 0.29) is 11.4 Å². The molecule has 2 N–H and O–H groups in total. The molecular formula is C32H34FN3. The number of rotatable bonds is 3. The topological polar surface area (TPSA) is 34.8 Å². The van der Waals surface area contributed by atoms with Gasteiger partial charge in [-0.15, -0.1) is 0 Å². The number of allylic oxidation sites excluding steroid dienone is 1. The maximum absolute atomic E-state index is 13.8. The van der Waals surface area contributed by atoms with E-state index in [4.69, 9.17) is 0 Å². The molecule has 0 radical (unpaired) electrons. The van der Waals surface area contributed by atoms with E-state index in [0.717, 1.165) is 24.8 Å². The number of aromatic amines is 2. The van der Waals surface area contributed by atoms with Crippen LogP contribution in [0.15, 0.2) is 85.1 Å². The van der Waals surface area contributed by atoms with Gasteiger partial charge in [-0.25, -0.2) is 4.39 Å². The van der Waals surface area contributed by atoms with Crippen molar-refractivity contribution in [3.63, 3.8) is 0 Å². The van der Waals surface area contributed by atoms with Gasteiger partial charge in [0.05, 0.1) is 0 Å². The third-order valence-electron chi connectivity index (χ3n) is 7.80. The molecule has 1 atom stereocenters. The van der Waals surface area contributed by atoms with Crippen LogP contribution in [0.3, 0.4) is 0 Å². The van der Waals surface area contributed by atoms with Gasteiger partial charge >= 0.3 is 0 Å². The second-order valence-corrected chi connectivity index (χ2v) is 10.1. The summed E-state index contributed by atoms with van der Waals surface area (Å²) in [6.45, 7) is 4.30. The van der Waals surface area contributed by atoms with Gasteiger partial charge in [0.1, 0.15) is 5.82 Å². The number of nitrogens with one attached hydrogen (secondary N) is 2. The maximum Gasteiger partial charge on any atom is 0.123 e. The van der Waals surface area contributed by atoms with E-state index in [9.17, 15) is 4.39 Å². The van der Waals surface area contributed by atoms with Crippen molar-refractivity contribution in [2.45, 2.75) is 38.6 Å². The highest BCUT2D eigenvalue weighted by Crippen LogP contribution is 2.43. The highest BCUT2D eigenvalue weighted by molar-refractivity contribution is 5.89. The van der Waals surface area contributed by atoms with E-state index in [0.29, 0.717) is 0 Å². The Morgan fingerprint density at radius 1 is 0.861 bits per heavy atom. The molecule has 5 aromatic rings. The fourth-order valence-electron chi connectivity index (χ4n) is 5.59. The minimum atomic E-state index is -0.162. The molecule has 2 aromatic heterocycles. The molecule has 1 aliphatic rings. The van der Waals surface area contributed by atoms with E-state index in [1.165, 1.54) is 50.3 Å². The first-order valence-corrected chi connectivity index (χ1v) is 12.6. The van der Waals surface area contributed by atoms with Crippen molar-refractivity contribution in [3.05, 3.63) is 113 Å². The van der Waals surface area contributed by atoms with Crippen molar-refractivity contribution in [1.82, 2.24) is 14.9 Å². The van der Waals surface area contributed by atoms with Crippen LogP contribution in [0.5, 0.6) is 0 Å². The van der Waals surface area contributed by atoms with Crippen molar-refractivity contribution in [2.75, 3.05) is 14.1 Å². The Bertz CT molecular complexity index is 1540. The molecule has 3 aromatic carbocycles. The van der Waals surface area contributed by atoms with Crippen LogP contribution in [-0.4, -0.2) is 29.0 Å². The number of fused-ring (bicyclic) bond motifs is 2. The Hall–Kier alpha value is -3.63. The first-order valence-electron chi connectivity index (χ1n) is 12.6. The summed E-state index contributed by atoms with van der Waals surface area (Å²) in [5.41, 5.74) is 8.57. The molecule has 0 aliphatic heterocycles. The minimum absolute atomic E-state index is 0.147. The predicted molar refractivity (Wildman–Crippen MR) is 150 cm³/mol. The van der Waals surface area contributed by atoms with Crippen LogP contribution in [-0.2, 0) is 5.54 Å². The Kier molecular flexibility index (Phi) is 6.55. The molecule has 0 saturated carbocycles. The summed E-state index contributed by atoms with van der Waals surface area (Å²) < 4.78 is 13.8. The number of hydrogen-bond donors (Lipinski definition) is 2. The lowest BCUT2D eigenvalue weighted by Gasteiger charge is -2.43. The molecule has 0 bridgehead atoms. The molecule has 6 rings (SSSR count). The van der Waals surface area contributed by atoms with Gasteiger partial charge in [0, 0.05) is 39.2 Å². The summed E-state index contributed by atoms with van der Waals surface area (Å²) in [7, 11) is 4.19. The zero-order valence-corrected chi connectivity index (χ0v) is 21.5. The number of hydrogen-bond acceptors (Lipinski definition) is 1. The third kappa shape index (κ3) is 4.38. The van der Waals surface area contributed by atoms with Gasteiger partial charge in [-0.3, -0.25) is 4.90 Å². The molecule has 0 amide bonds. The second kappa shape index (κ2) is 9.79. The van der Waals surface area contributed by atoms with Crippen LogP contribution >= 0.6 is 0 Å². The summed E-state index contributed by atoms with van der Waals surface area (Å²) in [6.07, 6.45) is 7.21. The van der Waals surface area contributed by atoms with Crippen molar-refractivity contribution >= 4 is 27.4 Å². The predicted octanol–water partition coefficient (Wildman–Crippen LogP) is 8.12. The molecule has 0 fully saturated rings. The summed E-state index contributed by atoms with van der Waals surface area (Å²) in [6, 6.07) is 23.8. The molecule has 3 nitrogen and oxygen atoms in total. The number of nitrogens with zero attached hydrogens (tertiary/aromatic N) is 1. The monoisotopic (exact) mass is 479 g/mol. The molecule has 4 heteroatoms. The lowest BCUT2D eigenvalue weighted by Crippen LogP contribution is -2.42. The molecule has 184 valence electrons. The quantitative estimate of drug-likeness (QED) is 0.269. The van der Waals surface area contributed by atoms with Crippen LogP contribution < -0.4 is 0 Å². The summed E-state index contributed by atoms with van der Waals surface area (Å²) in [5, 5.41) is 2.61. The fourth-order valence-corrected chi connectivity index (χ4v) is 5.59. The van der Waals surface area contributed by atoms with E-state index in [1.54, 1.807) is 6.07 Å². The highest BCUT2D eigenvalue weighted by Gasteiger charge is 2.36. The number of aromatic nitrogens is 2. The minimum Gasteiger partial charge on any atom is -0.361 e. The molecular weight excluding hydrogens is 445 g/mol. The number of aryl methyl sites for hydroxylation is 2. The lowest BCUT2D eigenvalue weighted by molar-refractivity contribution is 0.138. The standard InChI is InChI=1S/C23H25FN2.C9H9N/c1-16-20-9-4-5-10-21(20)25-22(16)17-11-13-23(14-12-17,26(2)3)18-7-6-8-19(24)15-18;1-7-6-10-9-5-3-2-4-8(7)9/h4-11,15,25H,12-14H2,1-3H3;2-6,10H,1H3. The van der Waals surface area contributed by atoms with Gasteiger partial charge < -0.3 is 9.97 Å². The number of halogens is 1. The van der Waals surface area contributed by atoms with E-state index >= 15 is 0 Å². The number of benzene rings is 3. The first kappa shape index (κ1) is 24.1. The zero-order valence-electron chi connectivity index (χ0n) is 21.5. The SMILES string of the molecule is Cc1c(C2=CCC(c3cccc(F)c3)(N(C)C)CC2)[nH]c2ccccc12.Cc1c[nH]c2ccccc12. The second-order valence-electron chi connectivity index (χ2n) is 10.1. The Morgan fingerprint density at radius 2 is 1.58 bits per heavy atom. The third-order valence-corrected chi connectivity index (χ3v) is 7.80. The molecule has 1 unspecified atom stereocenters. The van der Waals surface area contributed by atoms with Crippen molar-refractivity contribution in [3.8, 4) is 0 Å². The van der Waals surface area contributed by atoms with Crippen molar-refractivity contribution in [2.24, 2.45) is 0 Å². The molecule has 0 spiro atoms. The van der Waals surface area contributed by atoms with Gasteiger partial charge in [-0.2, -0.15) is 0 Å². The average molecular weight is 480 g/mol. The van der Waals surface area contributed by atoms with Crippen LogP contribution in [0.1, 0.15) is 41.6 Å². The van der Waals surface area contributed by atoms with Crippen LogP contribution in [0.25, 0.3) is 27.4 Å². The van der Waals surface area contributed by atoms with Gasteiger partial charge in [-0.05, 0) is 93.7 Å². The Morgan fingerprint density at radius 3 is 2.22 bits per heavy atom. The molecule has 2 heterocycles. The highest BCUT2D eigenvalue weighted by atomic mass is 19.1. The molecule has 36 heavy (non-hydrogen) atoms. The normalized spacial score (nSPS) is 17.8.